The predicted octanol–water partition coefficient (Wildman–Crippen LogP) is 2.08. The molecule has 4 nitrogen and oxygen atoms in total. The average molecular weight is 262 g/mol. The lowest BCUT2D eigenvalue weighted by atomic mass is 10.1. The molecule has 0 aromatic heterocycles. The van der Waals surface area contributed by atoms with Gasteiger partial charge in [0.05, 0.1) is 19.1 Å². The van der Waals surface area contributed by atoms with E-state index in [2.05, 4.69) is 4.90 Å². The molecule has 0 atom stereocenters. The van der Waals surface area contributed by atoms with Crippen molar-refractivity contribution in [2.24, 2.45) is 0 Å². The first-order valence-corrected chi connectivity index (χ1v) is 6.37. The molecule has 1 aliphatic rings. The smallest absolute Gasteiger partial charge is 0.305 e. The van der Waals surface area contributed by atoms with E-state index in [0.717, 1.165) is 38.0 Å². The number of ether oxygens (including phenoxy) is 1. The van der Waals surface area contributed by atoms with Crippen LogP contribution in [-0.2, 0) is 9.53 Å². The molecule has 1 heterocycles. The molecule has 5 heteroatoms. The van der Waals surface area contributed by atoms with Gasteiger partial charge in [-0.15, -0.1) is 0 Å². The van der Waals surface area contributed by atoms with E-state index in [-0.39, 0.29) is 12.5 Å². The Kier molecular flexibility index (Phi) is 6.55. The third kappa shape index (κ3) is 6.05. The number of likely N-dealkylation sites (tertiary alicyclic amines) is 1. The summed E-state index contributed by atoms with van der Waals surface area (Å²) in [5.41, 5.74) is 2.78. The number of carboxylic acid groups (broad SMARTS) is 1. The largest absolute Gasteiger partial charge is 0.481 e. The molecule has 0 spiro atoms. The zero-order valence-corrected chi connectivity index (χ0v) is 10.9. The Balaban J connectivity index is 2.15. The molecule has 0 radical (unpaired) electrons. The van der Waals surface area contributed by atoms with Crippen molar-refractivity contribution < 1.29 is 14.6 Å². The quantitative estimate of drug-likeness (QED) is 0.795. The van der Waals surface area contributed by atoms with Gasteiger partial charge >= 0.3 is 5.97 Å². The van der Waals surface area contributed by atoms with Gasteiger partial charge in [0.2, 0.25) is 0 Å². The summed E-state index contributed by atoms with van der Waals surface area (Å²) in [7, 11) is 0. The number of carbonyl (C=O) groups is 1. The highest BCUT2D eigenvalue weighted by molar-refractivity contribution is 6.25. The first kappa shape index (κ1) is 14.5. The van der Waals surface area contributed by atoms with Crippen LogP contribution in [0.3, 0.4) is 0 Å². The second-order valence-electron chi connectivity index (χ2n) is 4.45. The first-order chi connectivity index (χ1) is 8.11. The van der Waals surface area contributed by atoms with Crippen LogP contribution in [0.2, 0.25) is 0 Å². The van der Waals surface area contributed by atoms with E-state index in [1.54, 1.807) is 5.54 Å². The Hall–Kier alpha value is -0.580. The van der Waals surface area contributed by atoms with Crippen molar-refractivity contribution in [2.45, 2.75) is 32.3 Å². The number of carboxylic acids is 1. The van der Waals surface area contributed by atoms with Crippen LogP contribution in [0.15, 0.2) is 11.1 Å². The minimum absolute atomic E-state index is 0.0916. The molecule has 0 aliphatic carbocycles. The van der Waals surface area contributed by atoms with Crippen molar-refractivity contribution in [3.05, 3.63) is 11.1 Å². The van der Waals surface area contributed by atoms with Crippen LogP contribution < -0.4 is 0 Å². The molecular formula is C12H20ClNO3. The van der Waals surface area contributed by atoms with Crippen molar-refractivity contribution in [1.29, 1.82) is 0 Å². The van der Waals surface area contributed by atoms with Crippen molar-refractivity contribution in [1.82, 2.24) is 4.90 Å². The van der Waals surface area contributed by atoms with E-state index in [9.17, 15) is 4.79 Å². The zero-order valence-electron chi connectivity index (χ0n) is 10.2. The Bertz CT molecular complexity index is 273. The van der Waals surface area contributed by atoms with E-state index >= 15 is 0 Å². The highest BCUT2D eigenvalue weighted by Gasteiger charge is 2.19. The number of halogens is 1. The summed E-state index contributed by atoms with van der Waals surface area (Å²) in [6.07, 6.45) is 2.24. The molecule has 1 fully saturated rings. The van der Waals surface area contributed by atoms with Crippen LogP contribution in [0.5, 0.6) is 0 Å². The van der Waals surface area contributed by atoms with Crippen LogP contribution in [0.25, 0.3) is 0 Å². The maximum atomic E-state index is 10.3. The van der Waals surface area contributed by atoms with Gasteiger partial charge in [-0.1, -0.05) is 11.6 Å². The van der Waals surface area contributed by atoms with E-state index < -0.39 is 5.97 Å². The average Bonchev–Trinajstić information content (AvgIpc) is 2.31. The summed E-state index contributed by atoms with van der Waals surface area (Å²) in [6.45, 7) is 5.22. The molecule has 0 aromatic rings. The molecule has 1 N–H and O–H groups in total. The van der Waals surface area contributed by atoms with Gasteiger partial charge < -0.3 is 9.84 Å². The molecule has 0 unspecified atom stereocenters. The fourth-order valence-electron chi connectivity index (χ4n) is 1.93. The molecular weight excluding hydrogens is 242 g/mol. The summed E-state index contributed by atoms with van der Waals surface area (Å²) < 4.78 is 5.53. The lowest BCUT2D eigenvalue weighted by Gasteiger charge is -2.31. The maximum Gasteiger partial charge on any atom is 0.305 e. The number of hydrogen-bond donors (Lipinski definition) is 1. The van der Waals surface area contributed by atoms with Gasteiger partial charge in [0.25, 0.3) is 0 Å². The molecule has 1 rings (SSSR count). The minimum atomic E-state index is -0.801. The zero-order chi connectivity index (χ0) is 12.7. The van der Waals surface area contributed by atoms with E-state index in [4.69, 9.17) is 21.4 Å². The molecule has 1 saturated heterocycles. The van der Waals surface area contributed by atoms with E-state index in [1.807, 2.05) is 6.92 Å². The SMILES string of the molecule is CC(=CCl)CN1CCC(OCCC(=O)O)CC1. The standard InChI is InChI=1S/C12H20ClNO3/c1-10(8-13)9-14-5-2-11(3-6-14)17-7-4-12(15)16/h8,11H,2-7,9H2,1H3,(H,15,16). The normalized spacial score (nSPS) is 19.5. The molecule has 1 aliphatic heterocycles. The summed E-state index contributed by atoms with van der Waals surface area (Å²) in [6, 6.07) is 0. The van der Waals surface area contributed by atoms with Crippen LogP contribution in [-0.4, -0.2) is 48.3 Å². The molecule has 0 amide bonds. The minimum Gasteiger partial charge on any atom is -0.481 e. The summed E-state index contributed by atoms with van der Waals surface area (Å²) in [5, 5.41) is 8.50. The Morgan fingerprint density at radius 2 is 2.18 bits per heavy atom. The van der Waals surface area contributed by atoms with Crippen LogP contribution in [0.4, 0.5) is 0 Å². The van der Waals surface area contributed by atoms with Gasteiger partial charge in [-0.2, -0.15) is 0 Å². The monoisotopic (exact) mass is 261 g/mol. The maximum absolute atomic E-state index is 10.3. The number of aliphatic carboxylic acids is 1. The number of rotatable bonds is 6. The van der Waals surface area contributed by atoms with Gasteiger partial charge in [0.15, 0.2) is 0 Å². The fourth-order valence-corrected chi connectivity index (χ4v) is 2.00. The predicted molar refractivity (Wildman–Crippen MR) is 67.3 cm³/mol. The van der Waals surface area contributed by atoms with Gasteiger partial charge in [-0.3, -0.25) is 9.69 Å². The Labute approximate surface area is 107 Å². The van der Waals surface area contributed by atoms with Gasteiger partial charge in [-0.25, -0.2) is 0 Å². The second-order valence-corrected chi connectivity index (χ2v) is 4.66. The van der Waals surface area contributed by atoms with Gasteiger partial charge in [0.1, 0.15) is 0 Å². The number of hydrogen-bond acceptors (Lipinski definition) is 3. The Morgan fingerprint density at radius 1 is 1.53 bits per heavy atom. The molecule has 98 valence electrons. The Morgan fingerprint density at radius 3 is 2.71 bits per heavy atom. The van der Waals surface area contributed by atoms with Crippen LogP contribution >= 0.6 is 11.6 Å². The molecule has 17 heavy (non-hydrogen) atoms. The summed E-state index contributed by atoms with van der Waals surface area (Å²) in [5.74, 6) is -0.801. The third-order valence-corrected chi connectivity index (χ3v) is 3.24. The molecule has 0 saturated carbocycles. The summed E-state index contributed by atoms with van der Waals surface area (Å²) >= 11 is 5.63. The van der Waals surface area contributed by atoms with Gasteiger partial charge in [0, 0.05) is 25.2 Å². The third-order valence-electron chi connectivity index (χ3n) is 2.86. The lowest BCUT2D eigenvalue weighted by Crippen LogP contribution is -2.38. The number of piperidine rings is 1. The summed E-state index contributed by atoms with van der Waals surface area (Å²) in [4.78, 5) is 12.7. The van der Waals surface area contributed by atoms with Crippen molar-refractivity contribution in [3.63, 3.8) is 0 Å². The number of nitrogens with zero attached hydrogens (tertiary/aromatic N) is 1. The topological polar surface area (TPSA) is 49.8 Å². The van der Waals surface area contributed by atoms with Crippen molar-refractivity contribution in [3.8, 4) is 0 Å². The van der Waals surface area contributed by atoms with Gasteiger partial charge in [-0.05, 0) is 25.3 Å². The van der Waals surface area contributed by atoms with Crippen molar-refractivity contribution in [2.75, 3.05) is 26.2 Å². The highest BCUT2D eigenvalue weighted by Crippen LogP contribution is 2.15. The first-order valence-electron chi connectivity index (χ1n) is 5.93. The molecule has 0 aromatic carbocycles. The van der Waals surface area contributed by atoms with Crippen LogP contribution in [0.1, 0.15) is 26.2 Å². The van der Waals surface area contributed by atoms with E-state index in [0.29, 0.717) is 6.61 Å². The lowest BCUT2D eigenvalue weighted by molar-refractivity contribution is -0.138. The van der Waals surface area contributed by atoms with Crippen LogP contribution in [0, 0.1) is 0 Å². The highest BCUT2D eigenvalue weighted by atomic mass is 35.5. The molecule has 0 bridgehead atoms. The van der Waals surface area contributed by atoms with Crippen molar-refractivity contribution >= 4 is 17.6 Å². The second kappa shape index (κ2) is 7.69. The fraction of sp³-hybridized carbons (Fsp3) is 0.750. The van der Waals surface area contributed by atoms with E-state index in [1.165, 1.54) is 0 Å².